The molecule has 1 heterocycles. The standard InChI is InChI=1S/C32H31N3O7S/c1-19-12-25(35-32(38)34-24-6-9-27(10-7-24)43(33,39)40)13-20(2)31(19)22-5-3-4-21(14-22)17-41-26-8-11-28-23(15-30(36)37)18-42-29(28)16-26/h3-14,16,23H,15,17-18H2,1-2H3,(H,36,37)(H2,33,39,40)(H2,34,35,38). The van der Waals surface area contributed by atoms with Crippen LogP contribution in [0.3, 0.4) is 0 Å². The van der Waals surface area contributed by atoms with Crippen LogP contribution in [0.1, 0.15) is 34.6 Å². The van der Waals surface area contributed by atoms with Gasteiger partial charge in [-0.25, -0.2) is 18.4 Å². The van der Waals surface area contributed by atoms with E-state index in [2.05, 4.69) is 16.7 Å². The highest BCUT2D eigenvalue weighted by molar-refractivity contribution is 7.89. The van der Waals surface area contributed by atoms with E-state index < -0.39 is 22.0 Å². The molecular formula is C32H31N3O7S. The third-order valence-corrected chi connectivity index (χ3v) is 8.07. The van der Waals surface area contributed by atoms with Gasteiger partial charge in [0.2, 0.25) is 10.0 Å². The molecular weight excluding hydrogens is 570 g/mol. The van der Waals surface area contributed by atoms with E-state index in [9.17, 15) is 18.0 Å². The quantitative estimate of drug-likeness (QED) is 0.189. The van der Waals surface area contributed by atoms with Crippen LogP contribution in [0, 0.1) is 13.8 Å². The van der Waals surface area contributed by atoms with Gasteiger partial charge in [-0.15, -0.1) is 0 Å². The van der Waals surface area contributed by atoms with E-state index in [-0.39, 0.29) is 17.2 Å². The number of primary sulfonamides is 1. The zero-order valence-electron chi connectivity index (χ0n) is 23.6. The number of carbonyl (C=O) groups is 2. The van der Waals surface area contributed by atoms with Gasteiger partial charge in [-0.2, -0.15) is 0 Å². The van der Waals surface area contributed by atoms with E-state index in [0.29, 0.717) is 36.1 Å². The molecule has 222 valence electrons. The Kier molecular flexibility index (Phi) is 8.38. The first-order chi connectivity index (χ1) is 20.5. The maximum Gasteiger partial charge on any atom is 0.323 e. The molecule has 0 saturated heterocycles. The van der Waals surface area contributed by atoms with E-state index in [1.807, 2.05) is 56.3 Å². The number of carbonyl (C=O) groups excluding carboxylic acids is 1. The fourth-order valence-electron chi connectivity index (χ4n) is 5.22. The van der Waals surface area contributed by atoms with Gasteiger partial charge in [-0.1, -0.05) is 24.3 Å². The predicted octanol–water partition coefficient (Wildman–Crippen LogP) is 5.79. The molecule has 2 amide bonds. The molecule has 0 aromatic heterocycles. The predicted molar refractivity (Wildman–Crippen MR) is 163 cm³/mol. The number of aliphatic carboxylic acids is 1. The second-order valence-corrected chi connectivity index (χ2v) is 12.0. The van der Waals surface area contributed by atoms with E-state index in [1.54, 1.807) is 6.07 Å². The summed E-state index contributed by atoms with van der Waals surface area (Å²) in [6, 6.07) is 22.4. The Hall–Kier alpha value is -4.87. The van der Waals surface area contributed by atoms with Crippen molar-refractivity contribution in [3.05, 3.63) is 101 Å². The molecule has 0 bridgehead atoms. The lowest BCUT2D eigenvalue weighted by atomic mass is 9.94. The van der Waals surface area contributed by atoms with Crippen LogP contribution in [0.4, 0.5) is 16.2 Å². The van der Waals surface area contributed by atoms with Crippen LogP contribution in [-0.4, -0.2) is 32.1 Å². The number of benzene rings is 4. The monoisotopic (exact) mass is 601 g/mol. The highest BCUT2D eigenvalue weighted by Crippen LogP contribution is 2.38. The second-order valence-electron chi connectivity index (χ2n) is 10.4. The number of carboxylic acid groups (broad SMARTS) is 1. The van der Waals surface area contributed by atoms with Gasteiger partial charge in [0, 0.05) is 28.9 Å². The number of fused-ring (bicyclic) bond motifs is 1. The number of anilines is 2. The van der Waals surface area contributed by atoms with Crippen molar-refractivity contribution in [3.8, 4) is 22.6 Å². The minimum Gasteiger partial charge on any atom is -0.492 e. The minimum atomic E-state index is -3.81. The second kappa shape index (κ2) is 12.2. The third-order valence-electron chi connectivity index (χ3n) is 7.14. The number of amides is 2. The zero-order valence-corrected chi connectivity index (χ0v) is 24.4. The molecule has 4 aromatic carbocycles. The van der Waals surface area contributed by atoms with Crippen LogP contribution in [-0.2, 0) is 21.4 Å². The Bertz CT molecular complexity index is 1780. The lowest BCUT2D eigenvalue weighted by Crippen LogP contribution is -2.19. The van der Waals surface area contributed by atoms with Crippen molar-refractivity contribution in [2.24, 2.45) is 5.14 Å². The smallest absolute Gasteiger partial charge is 0.323 e. The number of hydrogen-bond donors (Lipinski definition) is 4. The number of nitrogens with two attached hydrogens (primary N) is 1. The average Bonchev–Trinajstić information content (AvgIpc) is 3.32. The topological polar surface area (TPSA) is 157 Å². The minimum absolute atomic E-state index is 0.0307. The van der Waals surface area contributed by atoms with Gasteiger partial charge < -0.3 is 25.2 Å². The van der Waals surface area contributed by atoms with Crippen molar-refractivity contribution in [2.75, 3.05) is 17.2 Å². The molecule has 4 aromatic rings. The molecule has 0 fully saturated rings. The molecule has 1 aliphatic heterocycles. The van der Waals surface area contributed by atoms with Crippen LogP contribution >= 0.6 is 0 Å². The normalized spacial score (nSPS) is 14.0. The third kappa shape index (κ3) is 7.14. The molecule has 43 heavy (non-hydrogen) atoms. The number of sulfonamides is 1. The molecule has 1 aliphatic rings. The summed E-state index contributed by atoms with van der Waals surface area (Å²) in [4.78, 5) is 23.6. The first-order valence-corrected chi connectivity index (χ1v) is 15.0. The van der Waals surface area contributed by atoms with Crippen LogP contribution in [0.25, 0.3) is 11.1 Å². The van der Waals surface area contributed by atoms with Gasteiger partial charge in [0.05, 0.1) is 17.9 Å². The number of aryl methyl sites for hydroxylation is 2. The van der Waals surface area contributed by atoms with Gasteiger partial charge in [0.1, 0.15) is 18.1 Å². The maximum atomic E-state index is 12.6. The van der Waals surface area contributed by atoms with Crippen LogP contribution < -0.4 is 25.2 Å². The molecule has 0 spiro atoms. The summed E-state index contributed by atoms with van der Waals surface area (Å²) in [5.74, 6) is 0.293. The largest absolute Gasteiger partial charge is 0.492 e. The summed E-state index contributed by atoms with van der Waals surface area (Å²) < 4.78 is 34.6. The number of nitrogens with one attached hydrogen (secondary N) is 2. The SMILES string of the molecule is Cc1cc(NC(=O)Nc2ccc(S(N)(=O)=O)cc2)cc(C)c1-c1cccc(COc2ccc3c(c2)OCC3CC(=O)O)c1. The van der Waals surface area contributed by atoms with Crippen molar-refractivity contribution < 1.29 is 32.6 Å². The van der Waals surface area contributed by atoms with Crippen molar-refractivity contribution in [1.82, 2.24) is 0 Å². The van der Waals surface area contributed by atoms with E-state index in [1.165, 1.54) is 24.3 Å². The molecule has 10 nitrogen and oxygen atoms in total. The van der Waals surface area contributed by atoms with Gasteiger partial charge in [-0.05, 0) is 90.2 Å². The van der Waals surface area contributed by atoms with Gasteiger partial charge in [0.15, 0.2) is 0 Å². The van der Waals surface area contributed by atoms with Crippen molar-refractivity contribution >= 4 is 33.4 Å². The maximum absolute atomic E-state index is 12.6. The number of ether oxygens (including phenoxy) is 2. The first-order valence-electron chi connectivity index (χ1n) is 13.5. The number of urea groups is 1. The van der Waals surface area contributed by atoms with E-state index in [4.69, 9.17) is 19.7 Å². The van der Waals surface area contributed by atoms with Gasteiger partial charge in [0.25, 0.3) is 0 Å². The van der Waals surface area contributed by atoms with Crippen molar-refractivity contribution in [2.45, 2.75) is 37.7 Å². The van der Waals surface area contributed by atoms with Crippen LogP contribution in [0.2, 0.25) is 0 Å². The fraction of sp³-hybridized carbons (Fsp3) is 0.188. The van der Waals surface area contributed by atoms with E-state index in [0.717, 1.165) is 33.4 Å². The van der Waals surface area contributed by atoms with Crippen molar-refractivity contribution in [1.29, 1.82) is 0 Å². The summed E-state index contributed by atoms with van der Waals surface area (Å²) in [5, 5.41) is 19.7. The average molecular weight is 602 g/mol. The first kappa shape index (κ1) is 29.6. The van der Waals surface area contributed by atoms with E-state index >= 15 is 0 Å². The fourth-order valence-corrected chi connectivity index (χ4v) is 5.74. The Morgan fingerprint density at radius 3 is 2.33 bits per heavy atom. The molecule has 0 saturated carbocycles. The lowest BCUT2D eigenvalue weighted by Gasteiger charge is -2.15. The Balaban J connectivity index is 1.24. The highest BCUT2D eigenvalue weighted by Gasteiger charge is 2.26. The lowest BCUT2D eigenvalue weighted by molar-refractivity contribution is -0.137. The summed E-state index contributed by atoms with van der Waals surface area (Å²) in [7, 11) is -3.81. The van der Waals surface area contributed by atoms with Crippen LogP contribution in [0.15, 0.2) is 83.8 Å². The number of carboxylic acids is 1. The highest BCUT2D eigenvalue weighted by atomic mass is 32.2. The van der Waals surface area contributed by atoms with Crippen LogP contribution in [0.5, 0.6) is 11.5 Å². The molecule has 5 rings (SSSR count). The van der Waals surface area contributed by atoms with Gasteiger partial charge >= 0.3 is 12.0 Å². The molecule has 1 unspecified atom stereocenters. The summed E-state index contributed by atoms with van der Waals surface area (Å²) in [6.07, 6.45) is 0.0307. The number of hydrogen-bond acceptors (Lipinski definition) is 6. The Morgan fingerprint density at radius 2 is 1.65 bits per heavy atom. The molecule has 5 N–H and O–H groups in total. The van der Waals surface area contributed by atoms with Gasteiger partial charge in [-0.3, -0.25) is 4.79 Å². The summed E-state index contributed by atoms with van der Waals surface area (Å²) in [5.41, 5.74) is 6.88. The Labute approximate surface area is 249 Å². The zero-order chi connectivity index (χ0) is 30.7. The molecule has 11 heteroatoms. The molecule has 1 atom stereocenters. The summed E-state index contributed by atoms with van der Waals surface area (Å²) in [6.45, 7) is 4.63. The summed E-state index contributed by atoms with van der Waals surface area (Å²) >= 11 is 0. The molecule has 0 radical (unpaired) electrons. The Morgan fingerprint density at radius 1 is 0.953 bits per heavy atom. The number of rotatable bonds is 9. The van der Waals surface area contributed by atoms with Crippen molar-refractivity contribution in [3.63, 3.8) is 0 Å². The molecule has 0 aliphatic carbocycles.